The number of hydrogen-bond donors (Lipinski definition) is 2. The number of anilines is 1. The van der Waals surface area contributed by atoms with Gasteiger partial charge in [-0.05, 0) is 42.5 Å². The number of hydrogen-bond acceptors (Lipinski definition) is 6. The SMILES string of the molecule is CCN(CC)S(=O)(=O)c1ccc2[nH]c(=O)cc(C(=O)Nc3ccc(S(C)(=O)=O)cc3)c2c1. The second kappa shape index (κ2) is 8.85. The third-order valence-electron chi connectivity index (χ3n) is 4.94. The highest BCUT2D eigenvalue weighted by molar-refractivity contribution is 7.90. The maximum Gasteiger partial charge on any atom is 0.256 e. The van der Waals surface area contributed by atoms with E-state index in [-0.39, 0.29) is 20.7 Å². The molecule has 1 amide bonds. The fraction of sp³-hybridized carbons (Fsp3) is 0.238. The quantitative estimate of drug-likeness (QED) is 0.536. The van der Waals surface area contributed by atoms with Crippen LogP contribution >= 0.6 is 0 Å². The van der Waals surface area contributed by atoms with E-state index in [1.54, 1.807) is 13.8 Å². The minimum absolute atomic E-state index is 0.00676. The van der Waals surface area contributed by atoms with Crippen LogP contribution in [0.1, 0.15) is 24.2 Å². The van der Waals surface area contributed by atoms with E-state index in [2.05, 4.69) is 10.3 Å². The lowest BCUT2D eigenvalue weighted by Crippen LogP contribution is -2.30. The molecule has 2 N–H and O–H groups in total. The highest BCUT2D eigenvalue weighted by atomic mass is 32.2. The van der Waals surface area contributed by atoms with Crippen LogP contribution < -0.4 is 10.9 Å². The fourth-order valence-corrected chi connectivity index (χ4v) is 5.39. The number of sulfone groups is 1. The first kappa shape index (κ1) is 23.6. The molecule has 0 atom stereocenters. The second-order valence-corrected chi connectivity index (χ2v) is 11.0. The number of aromatic amines is 1. The Bertz CT molecular complexity index is 1440. The maximum atomic E-state index is 12.9. The Balaban J connectivity index is 2.05. The summed E-state index contributed by atoms with van der Waals surface area (Å²) in [5, 5.41) is 2.88. The molecule has 0 radical (unpaired) electrons. The first-order valence-electron chi connectivity index (χ1n) is 9.76. The number of benzene rings is 2. The molecule has 1 aromatic heterocycles. The Kier molecular flexibility index (Phi) is 6.54. The predicted octanol–water partition coefficient (Wildman–Crippen LogP) is 2.21. The molecule has 3 aromatic rings. The molecule has 11 heteroatoms. The van der Waals surface area contributed by atoms with E-state index in [4.69, 9.17) is 0 Å². The summed E-state index contributed by atoms with van der Waals surface area (Å²) in [6, 6.07) is 10.9. The maximum absolute atomic E-state index is 12.9. The van der Waals surface area contributed by atoms with Crippen molar-refractivity contribution in [3.8, 4) is 0 Å². The summed E-state index contributed by atoms with van der Waals surface area (Å²) in [4.78, 5) is 27.7. The van der Waals surface area contributed by atoms with Crippen molar-refractivity contribution in [3.63, 3.8) is 0 Å². The zero-order valence-electron chi connectivity index (χ0n) is 17.7. The van der Waals surface area contributed by atoms with Crippen LogP contribution in [0.5, 0.6) is 0 Å². The van der Waals surface area contributed by atoms with Crippen molar-refractivity contribution in [1.82, 2.24) is 9.29 Å². The summed E-state index contributed by atoms with van der Waals surface area (Å²) >= 11 is 0. The Morgan fingerprint density at radius 2 is 1.53 bits per heavy atom. The molecule has 0 aliphatic rings. The monoisotopic (exact) mass is 477 g/mol. The molecule has 0 spiro atoms. The summed E-state index contributed by atoms with van der Waals surface area (Å²) in [5.74, 6) is -0.634. The van der Waals surface area contributed by atoms with Gasteiger partial charge in [0.05, 0.1) is 15.4 Å². The first-order chi connectivity index (χ1) is 15.0. The summed E-state index contributed by atoms with van der Waals surface area (Å²) in [5.41, 5.74) is 0.110. The molecule has 0 saturated carbocycles. The van der Waals surface area contributed by atoms with Crippen molar-refractivity contribution < 1.29 is 21.6 Å². The van der Waals surface area contributed by atoms with Gasteiger partial charge in [0.2, 0.25) is 15.6 Å². The number of nitrogens with one attached hydrogen (secondary N) is 2. The number of aromatic nitrogens is 1. The highest BCUT2D eigenvalue weighted by Gasteiger charge is 2.23. The van der Waals surface area contributed by atoms with E-state index >= 15 is 0 Å². The number of pyridine rings is 1. The van der Waals surface area contributed by atoms with Gasteiger partial charge >= 0.3 is 0 Å². The zero-order valence-corrected chi connectivity index (χ0v) is 19.4. The summed E-state index contributed by atoms with van der Waals surface area (Å²) < 4.78 is 50.3. The molecule has 2 aromatic carbocycles. The summed E-state index contributed by atoms with van der Waals surface area (Å²) in [7, 11) is -7.15. The third kappa shape index (κ3) is 4.74. The molecule has 170 valence electrons. The van der Waals surface area contributed by atoms with E-state index in [1.807, 2.05) is 0 Å². The molecule has 0 unspecified atom stereocenters. The number of carbonyl (C=O) groups is 1. The number of carbonyl (C=O) groups excluding carboxylic acids is 1. The lowest BCUT2D eigenvalue weighted by atomic mass is 10.1. The largest absolute Gasteiger partial charge is 0.322 e. The average molecular weight is 478 g/mol. The van der Waals surface area contributed by atoms with Crippen LogP contribution in [0, 0.1) is 0 Å². The molecule has 0 saturated heterocycles. The molecule has 0 bridgehead atoms. The molecule has 0 fully saturated rings. The van der Waals surface area contributed by atoms with Crippen LogP contribution in [0.15, 0.2) is 63.1 Å². The standard InChI is InChI=1S/C21H23N3O6S2/c1-4-24(5-2)32(29,30)16-10-11-19-17(12-16)18(13-20(25)23-19)21(26)22-14-6-8-15(9-7-14)31(3,27)28/h6-13H,4-5H2,1-3H3,(H,22,26)(H,23,25). The third-order valence-corrected chi connectivity index (χ3v) is 8.12. The van der Waals surface area contributed by atoms with Crippen LogP contribution in [0.25, 0.3) is 10.9 Å². The Hall–Kier alpha value is -3.02. The van der Waals surface area contributed by atoms with Crippen LogP contribution in [0.2, 0.25) is 0 Å². The van der Waals surface area contributed by atoms with Gasteiger partial charge in [0.25, 0.3) is 5.91 Å². The molecule has 9 nitrogen and oxygen atoms in total. The zero-order chi connectivity index (χ0) is 23.7. The van der Waals surface area contributed by atoms with Crippen LogP contribution in [0.3, 0.4) is 0 Å². The van der Waals surface area contributed by atoms with Crippen LogP contribution in [0.4, 0.5) is 5.69 Å². The second-order valence-electron chi connectivity index (χ2n) is 7.09. The van der Waals surface area contributed by atoms with Crippen molar-refractivity contribution >= 4 is 42.4 Å². The topological polar surface area (TPSA) is 133 Å². The van der Waals surface area contributed by atoms with Gasteiger partial charge in [-0.25, -0.2) is 16.8 Å². The Morgan fingerprint density at radius 3 is 2.09 bits per heavy atom. The van der Waals surface area contributed by atoms with Gasteiger partial charge in [-0.2, -0.15) is 4.31 Å². The summed E-state index contributed by atoms with van der Waals surface area (Å²) in [6.45, 7) is 4.04. The van der Waals surface area contributed by atoms with Gasteiger partial charge < -0.3 is 10.3 Å². The van der Waals surface area contributed by atoms with Crippen LogP contribution in [-0.2, 0) is 19.9 Å². The molecule has 3 rings (SSSR count). The van der Waals surface area contributed by atoms with Gasteiger partial charge in [-0.1, -0.05) is 13.8 Å². The molecular weight excluding hydrogens is 454 g/mol. The molecule has 1 heterocycles. The number of amides is 1. The number of sulfonamides is 1. The number of H-pyrrole nitrogens is 1. The minimum atomic E-state index is -3.77. The van der Waals surface area contributed by atoms with Crippen molar-refractivity contribution in [2.45, 2.75) is 23.6 Å². The van der Waals surface area contributed by atoms with Gasteiger partial charge in [0.1, 0.15) is 0 Å². The van der Waals surface area contributed by atoms with Gasteiger partial charge in [0.15, 0.2) is 9.84 Å². The van der Waals surface area contributed by atoms with Gasteiger partial charge in [0, 0.05) is 42.0 Å². The van der Waals surface area contributed by atoms with Crippen LogP contribution in [-0.4, -0.2) is 51.4 Å². The van der Waals surface area contributed by atoms with E-state index in [1.165, 1.54) is 46.8 Å². The van der Waals surface area contributed by atoms with E-state index in [0.717, 1.165) is 12.3 Å². The summed E-state index contributed by atoms with van der Waals surface area (Å²) in [6.07, 6.45) is 1.08. The molecule has 0 aliphatic heterocycles. The minimum Gasteiger partial charge on any atom is -0.322 e. The molecular formula is C21H23N3O6S2. The van der Waals surface area contributed by atoms with Gasteiger partial charge in [-0.15, -0.1) is 0 Å². The van der Waals surface area contributed by atoms with E-state index in [0.29, 0.717) is 24.3 Å². The van der Waals surface area contributed by atoms with E-state index in [9.17, 15) is 26.4 Å². The van der Waals surface area contributed by atoms with Crippen molar-refractivity contribution in [2.75, 3.05) is 24.7 Å². The van der Waals surface area contributed by atoms with E-state index < -0.39 is 31.3 Å². The predicted molar refractivity (Wildman–Crippen MR) is 122 cm³/mol. The van der Waals surface area contributed by atoms with Crippen molar-refractivity contribution in [2.24, 2.45) is 0 Å². The highest BCUT2D eigenvalue weighted by Crippen LogP contribution is 2.24. The lowest BCUT2D eigenvalue weighted by molar-refractivity contribution is 0.102. The normalized spacial score (nSPS) is 12.2. The lowest BCUT2D eigenvalue weighted by Gasteiger charge is -2.19. The number of nitrogens with zero attached hydrogens (tertiary/aromatic N) is 1. The van der Waals surface area contributed by atoms with Gasteiger partial charge in [-0.3, -0.25) is 9.59 Å². The Morgan fingerprint density at radius 1 is 0.938 bits per heavy atom. The first-order valence-corrected chi connectivity index (χ1v) is 13.1. The smallest absolute Gasteiger partial charge is 0.256 e. The van der Waals surface area contributed by atoms with Crippen molar-refractivity contribution in [1.29, 1.82) is 0 Å². The fourth-order valence-electron chi connectivity index (χ4n) is 3.28. The molecule has 32 heavy (non-hydrogen) atoms. The number of fused-ring (bicyclic) bond motifs is 1. The number of rotatable bonds is 7. The molecule has 0 aliphatic carbocycles. The average Bonchev–Trinajstić information content (AvgIpc) is 2.73. The van der Waals surface area contributed by atoms with Crippen molar-refractivity contribution in [3.05, 3.63) is 64.4 Å². The Labute approximate surface area is 186 Å².